The molecular weight excluding hydrogens is 219 g/mol. The van der Waals surface area contributed by atoms with E-state index in [1.165, 1.54) is 24.3 Å². The highest BCUT2D eigenvalue weighted by Crippen LogP contribution is 2.09. The fraction of sp³-hybridized carbons (Fsp3) is 0.231. The van der Waals surface area contributed by atoms with Crippen molar-refractivity contribution in [1.82, 2.24) is 9.78 Å². The number of hydrogen-bond acceptors (Lipinski definition) is 2. The molecule has 0 saturated heterocycles. The first kappa shape index (κ1) is 11.5. The molecule has 0 unspecified atom stereocenters. The Bertz CT molecular complexity index is 516. The monoisotopic (exact) mass is 232 g/mol. The predicted octanol–water partition coefficient (Wildman–Crippen LogP) is 2.37. The number of halogens is 1. The van der Waals surface area contributed by atoms with Crippen LogP contribution in [0.15, 0.2) is 36.5 Å². The number of carbonyl (C=O) groups is 1. The largest absolute Gasteiger partial charge is 0.294 e. The third-order valence-electron chi connectivity index (χ3n) is 2.70. The number of aromatic nitrogens is 2. The van der Waals surface area contributed by atoms with Gasteiger partial charge in [-0.25, -0.2) is 4.39 Å². The van der Waals surface area contributed by atoms with E-state index >= 15 is 0 Å². The Balaban J connectivity index is 1.98. The maximum atomic E-state index is 12.7. The van der Waals surface area contributed by atoms with Gasteiger partial charge in [0.2, 0.25) is 0 Å². The highest BCUT2D eigenvalue weighted by atomic mass is 19.1. The lowest BCUT2D eigenvalue weighted by Gasteiger charge is -2.02. The minimum absolute atomic E-state index is 0.0196. The van der Waals surface area contributed by atoms with Crippen molar-refractivity contribution in [3.8, 4) is 0 Å². The van der Waals surface area contributed by atoms with E-state index in [-0.39, 0.29) is 11.6 Å². The van der Waals surface area contributed by atoms with Gasteiger partial charge in [0.25, 0.3) is 0 Å². The maximum Gasteiger partial charge on any atom is 0.163 e. The number of nitrogens with zero attached hydrogens (tertiary/aromatic N) is 2. The Hall–Kier alpha value is -1.97. The first-order valence-electron chi connectivity index (χ1n) is 5.42. The second kappa shape index (κ2) is 4.91. The summed E-state index contributed by atoms with van der Waals surface area (Å²) < 4.78 is 14.4. The molecule has 4 heteroatoms. The van der Waals surface area contributed by atoms with E-state index in [9.17, 15) is 9.18 Å². The van der Waals surface area contributed by atoms with Crippen molar-refractivity contribution in [2.75, 3.05) is 0 Å². The van der Waals surface area contributed by atoms with Gasteiger partial charge in [-0.3, -0.25) is 9.48 Å². The van der Waals surface area contributed by atoms with Gasteiger partial charge in [0.15, 0.2) is 5.78 Å². The molecule has 88 valence electrons. The summed E-state index contributed by atoms with van der Waals surface area (Å²) in [6, 6.07) is 7.52. The SMILES string of the molecule is Cn1nccc1CCC(=O)c1ccc(F)cc1. The molecule has 0 aliphatic heterocycles. The topological polar surface area (TPSA) is 34.9 Å². The Morgan fingerprint density at radius 2 is 2.00 bits per heavy atom. The summed E-state index contributed by atoms with van der Waals surface area (Å²) in [6.45, 7) is 0. The number of carbonyl (C=O) groups excluding carboxylic acids is 1. The Morgan fingerprint density at radius 3 is 2.59 bits per heavy atom. The summed E-state index contributed by atoms with van der Waals surface area (Å²) in [5.74, 6) is -0.306. The average molecular weight is 232 g/mol. The molecule has 1 aromatic carbocycles. The minimum atomic E-state index is -0.326. The zero-order valence-electron chi connectivity index (χ0n) is 9.56. The lowest BCUT2D eigenvalue weighted by molar-refractivity contribution is 0.0982. The van der Waals surface area contributed by atoms with Crippen LogP contribution in [0.5, 0.6) is 0 Å². The summed E-state index contributed by atoms with van der Waals surface area (Å²) >= 11 is 0. The van der Waals surface area contributed by atoms with E-state index in [2.05, 4.69) is 5.10 Å². The van der Waals surface area contributed by atoms with Crippen molar-refractivity contribution >= 4 is 5.78 Å². The van der Waals surface area contributed by atoms with Crippen LogP contribution in [0.1, 0.15) is 22.5 Å². The van der Waals surface area contributed by atoms with E-state index in [1.807, 2.05) is 13.1 Å². The van der Waals surface area contributed by atoms with E-state index in [4.69, 9.17) is 0 Å². The van der Waals surface area contributed by atoms with Crippen molar-refractivity contribution in [2.24, 2.45) is 7.05 Å². The van der Waals surface area contributed by atoms with Crippen LogP contribution in [0, 0.1) is 5.82 Å². The Labute approximate surface area is 98.9 Å². The van der Waals surface area contributed by atoms with Gasteiger partial charge in [0, 0.05) is 30.9 Å². The molecular formula is C13H13FN2O. The maximum absolute atomic E-state index is 12.7. The number of Topliss-reactive ketones (excluding diaryl/α,β-unsaturated/α-hetero) is 1. The highest BCUT2D eigenvalue weighted by molar-refractivity contribution is 5.96. The fourth-order valence-electron chi connectivity index (χ4n) is 1.67. The molecule has 0 fully saturated rings. The van der Waals surface area contributed by atoms with Crippen LogP contribution in [0.25, 0.3) is 0 Å². The molecule has 0 aliphatic rings. The molecule has 0 radical (unpaired) electrons. The molecule has 3 nitrogen and oxygen atoms in total. The summed E-state index contributed by atoms with van der Waals surface area (Å²) in [7, 11) is 1.84. The van der Waals surface area contributed by atoms with Crippen LogP contribution in [-0.2, 0) is 13.5 Å². The number of benzene rings is 1. The van der Waals surface area contributed by atoms with Crippen molar-refractivity contribution in [3.63, 3.8) is 0 Å². The predicted molar refractivity (Wildman–Crippen MR) is 62.3 cm³/mol. The van der Waals surface area contributed by atoms with Gasteiger partial charge < -0.3 is 0 Å². The molecule has 0 saturated carbocycles. The number of ketones is 1. The highest BCUT2D eigenvalue weighted by Gasteiger charge is 2.07. The van der Waals surface area contributed by atoms with Crippen molar-refractivity contribution in [3.05, 3.63) is 53.6 Å². The molecule has 1 heterocycles. The quantitative estimate of drug-likeness (QED) is 0.758. The summed E-state index contributed by atoms with van der Waals surface area (Å²) in [6.07, 6.45) is 2.76. The van der Waals surface area contributed by atoms with Gasteiger partial charge in [0.05, 0.1) is 0 Å². The van der Waals surface area contributed by atoms with Crippen LogP contribution >= 0.6 is 0 Å². The number of aryl methyl sites for hydroxylation is 2. The molecule has 0 atom stereocenters. The summed E-state index contributed by atoms with van der Waals surface area (Å²) in [4.78, 5) is 11.8. The average Bonchev–Trinajstić information content (AvgIpc) is 2.73. The lowest BCUT2D eigenvalue weighted by Crippen LogP contribution is -2.04. The van der Waals surface area contributed by atoms with E-state index in [0.29, 0.717) is 18.4 Å². The van der Waals surface area contributed by atoms with Gasteiger partial charge in [0.1, 0.15) is 5.82 Å². The van der Waals surface area contributed by atoms with Crippen LogP contribution in [0.4, 0.5) is 4.39 Å². The van der Waals surface area contributed by atoms with Gasteiger partial charge >= 0.3 is 0 Å². The van der Waals surface area contributed by atoms with Crippen molar-refractivity contribution < 1.29 is 9.18 Å². The van der Waals surface area contributed by atoms with Gasteiger partial charge in [-0.05, 0) is 36.8 Å². The molecule has 1 aromatic heterocycles. The van der Waals surface area contributed by atoms with Crippen molar-refractivity contribution in [2.45, 2.75) is 12.8 Å². The normalized spacial score (nSPS) is 10.5. The van der Waals surface area contributed by atoms with Crippen LogP contribution in [0.3, 0.4) is 0 Å². The second-order valence-electron chi connectivity index (χ2n) is 3.88. The van der Waals surface area contributed by atoms with Crippen LogP contribution < -0.4 is 0 Å². The minimum Gasteiger partial charge on any atom is -0.294 e. The summed E-state index contributed by atoms with van der Waals surface area (Å²) in [5.41, 5.74) is 1.56. The fourth-order valence-corrected chi connectivity index (χ4v) is 1.67. The zero-order valence-corrected chi connectivity index (χ0v) is 9.56. The van der Waals surface area contributed by atoms with Crippen LogP contribution in [0.2, 0.25) is 0 Å². The first-order chi connectivity index (χ1) is 8.16. The molecule has 0 aliphatic carbocycles. The molecule has 2 aromatic rings. The molecule has 2 rings (SSSR count). The van der Waals surface area contributed by atoms with Gasteiger partial charge in [-0.15, -0.1) is 0 Å². The standard InChI is InChI=1S/C13H13FN2O/c1-16-12(8-9-15-16)6-7-13(17)10-2-4-11(14)5-3-10/h2-5,8-9H,6-7H2,1H3. The van der Waals surface area contributed by atoms with E-state index in [0.717, 1.165) is 5.69 Å². The Morgan fingerprint density at radius 1 is 1.29 bits per heavy atom. The second-order valence-corrected chi connectivity index (χ2v) is 3.88. The van der Waals surface area contributed by atoms with E-state index < -0.39 is 0 Å². The van der Waals surface area contributed by atoms with Gasteiger partial charge in [-0.2, -0.15) is 5.10 Å². The molecule has 0 N–H and O–H groups in total. The molecule has 0 spiro atoms. The third-order valence-corrected chi connectivity index (χ3v) is 2.70. The van der Waals surface area contributed by atoms with Crippen molar-refractivity contribution in [1.29, 1.82) is 0 Å². The zero-order chi connectivity index (χ0) is 12.3. The summed E-state index contributed by atoms with van der Waals surface area (Å²) in [5, 5.41) is 4.03. The Kier molecular flexibility index (Phi) is 3.32. The molecule has 0 bridgehead atoms. The number of hydrogen-bond donors (Lipinski definition) is 0. The van der Waals surface area contributed by atoms with Gasteiger partial charge in [-0.1, -0.05) is 0 Å². The molecule has 0 amide bonds. The smallest absolute Gasteiger partial charge is 0.163 e. The first-order valence-corrected chi connectivity index (χ1v) is 5.42. The number of rotatable bonds is 4. The lowest BCUT2D eigenvalue weighted by atomic mass is 10.1. The molecule has 17 heavy (non-hydrogen) atoms. The van der Waals surface area contributed by atoms with Crippen LogP contribution in [-0.4, -0.2) is 15.6 Å². The van der Waals surface area contributed by atoms with E-state index in [1.54, 1.807) is 10.9 Å². The third kappa shape index (κ3) is 2.78.